The molecule has 0 amide bonds. The maximum atomic E-state index is 13.4. The normalized spacial score (nSPS) is 11.0. The van der Waals surface area contributed by atoms with Gasteiger partial charge in [-0.15, -0.1) is 0 Å². The molecular formula is C22H15F2NO. The van der Waals surface area contributed by atoms with Crippen LogP contribution in [-0.2, 0) is 6.54 Å². The zero-order valence-corrected chi connectivity index (χ0v) is 13.8. The molecular weight excluding hydrogens is 332 g/mol. The molecule has 3 aromatic carbocycles. The van der Waals surface area contributed by atoms with E-state index >= 15 is 0 Å². The molecule has 1 heterocycles. The van der Waals surface area contributed by atoms with Crippen LogP contribution in [0.4, 0.5) is 8.78 Å². The maximum Gasteiger partial charge on any atom is 0.152 e. The molecule has 0 N–H and O–H groups in total. The van der Waals surface area contributed by atoms with E-state index in [9.17, 15) is 13.6 Å². The topological polar surface area (TPSA) is 22.0 Å². The Labute approximate surface area is 149 Å². The van der Waals surface area contributed by atoms with Crippen molar-refractivity contribution in [2.24, 2.45) is 0 Å². The molecule has 1 aromatic heterocycles. The van der Waals surface area contributed by atoms with Gasteiger partial charge in [0.05, 0.1) is 5.69 Å². The van der Waals surface area contributed by atoms with E-state index in [1.807, 2.05) is 28.8 Å². The molecule has 4 aromatic rings. The Kier molecular flexibility index (Phi) is 4.09. The first-order valence-electron chi connectivity index (χ1n) is 8.24. The zero-order valence-electron chi connectivity index (χ0n) is 13.8. The minimum Gasteiger partial charge on any atom is -0.335 e. The quantitative estimate of drug-likeness (QED) is 0.450. The van der Waals surface area contributed by atoms with Crippen LogP contribution in [0.25, 0.3) is 22.2 Å². The summed E-state index contributed by atoms with van der Waals surface area (Å²) < 4.78 is 28.6. The highest BCUT2D eigenvalue weighted by molar-refractivity contribution is 6.05. The third-order valence-corrected chi connectivity index (χ3v) is 4.50. The molecule has 0 unspecified atom stereocenters. The zero-order chi connectivity index (χ0) is 18.1. The van der Waals surface area contributed by atoms with Crippen LogP contribution in [0.3, 0.4) is 0 Å². The molecule has 26 heavy (non-hydrogen) atoms. The van der Waals surface area contributed by atoms with E-state index in [-0.39, 0.29) is 11.6 Å². The van der Waals surface area contributed by atoms with Gasteiger partial charge in [-0.3, -0.25) is 4.79 Å². The lowest BCUT2D eigenvalue weighted by Gasteiger charge is -2.12. The molecule has 0 aliphatic heterocycles. The van der Waals surface area contributed by atoms with Crippen LogP contribution in [0.1, 0.15) is 15.9 Å². The highest BCUT2D eigenvalue weighted by Crippen LogP contribution is 2.33. The number of hydrogen-bond acceptors (Lipinski definition) is 1. The second kappa shape index (κ2) is 6.56. The van der Waals surface area contributed by atoms with Crippen LogP contribution in [-0.4, -0.2) is 10.9 Å². The Morgan fingerprint density at radius 2 is 1.42 bits per heavy atom. The second-order valence-corrected chi connectivity index (χ2v) is 6.12. The van der Waals surface area contributed by atoms with Gasteiger partial charge in [0.1, 0.15) is 11.6 Å². The third-order valence-electron chi connectivity index (χ3n) is 4.50. The highest BCUT2D eigenvalue weighted by atomic mass is 19.1. The van der Waals surface area contributed by atoms with E-state index in [2.05, 4.69) is 0 Å². The summed E-state index contributed by atoms with van der Waals surface area (Å²) in [6.45, 7) is 0.474. The minimum absolute atomic E-state index is 0.293. The van der Waals surface area contributed by atoms with Crippen molar-refractivity contribution in [3.05, 3.63) is 95.6 Å². The van der Waals surface area contributed by atoms with E-state index < -0.39 is 0 Å². The molecule has 2 nitrogen and oxygen atoms in total. The Balaban J connectivity index is 1.97. The lowest BCUT2D eigenvalue weighted by atomic mass is 10.1. The van der Waals surface area contributed by atoms with Gasteiger partial charge in [0.15, 0.2) is 6.29 Å². The van der Waals surface area contributed by atoms with Crippen molar-refractivity contribution in [2.75, 3.05) is 0 Å². The molecule has 0 fully saturated rings. The Morgan fingerprint density at radius 1 is 0.808 bits per heavy atom. The second-order valence-electron chi connectivity index (χ2n) is 6.12. The van der Waals surface area contributed by atoms with E-state index in [0.717, 1.165) is 34.0 Å². The number of fused-ring (bicyclic) bond motifs is 1. The maximum absolute atomic E-state index is 13.4. The molecule has 128 valence electrons. The van der Waals surface area contributed by atoms with Crippen LogP contribution in [0, 0.1) is 11.6 Å². The van der Waals surface area contributed by atoms with E-state index in [1.54, 1.807) is 24.3 Å². The first kappa shape index (κ1) is 16.2. The Bertz CT molecular complexity index is 1080. The van der Waals surface area contributed by atoms with Crippen LogP contribution in [0.15, 0.2) is 72.8 Å². The van der Waals surface area contributed by atoms with Gasteiger partial charge < -0.3 is 4.57 Å². The predicted molar refractivity (Wildman–Crippen MR) is 98.2 cm³/mol. The van der Waals surface area contributed by atoms with Gasteiger partial charge in [-0.1, -0.05) is 30.3 Å². The van der Waals surface area contributed by atoms with E-state index in [0.29, 0.717) is 12.1 Å². The summed E-state index contributed by atoms with van der Waals surface area (Å²) >= 11 is 0. The molecule has 0 saturated carbocycles. The standard InChI is InChI=1S/C22H15F2NO/c23-17-9-5-15(6-10-17)13-25-21-4-2-1-3-19(21)20(14-26)22(25)16-7-11-18(24)12-8-16/h1-12,14H,13H2. The average Bonchev–Trinajstić information content (AvgIpc) is 2.98. The summed E-state index contributed by atoms with van der Waals surface area (Å²) in [7, 11) is 0. The molecule has 0 radical (unpaired) electrons. The molecule has 4 heteroatoms. The molecule has 4 rings (SSSR count). The van der Waals surface area contributed by atoms with E-state index in [4.69, 9.17) is 0 Å². The highest BCUT2D eigenvalue weighted by Gasteiger charge is 2.18. The fourth-order valence-electron chi connectivity index (χ4n) is 3.31. The monoisotopic (exact) mass is 347 g/mol. The van der Waals surface area contributed by atoms with Crippen LogP contribution < -0.4 is 0 Å². The number of para-hydroxylation sites is 1. The number of aromatic nitrogens is 1. The van der Waals surface area contributed by atoms with Crippen molar-refractivity contribution in [1.29, 1.82) is 0 Å². The molecule has 0 bridgehead atoms. The van der Waals surface area contributed by atoms with Gasteiger partial charge in [0.25, 0.3) is 0 Å². The van der Waals surface area contributed by atoms with Gasteiger partial charge in [0, 0.05) is 23.0 Å². The molecule has 0 aliphatic rings. The number of benzene rings is 3. The van der Waals surface area contributed by atoms with E-state index in [1.165, 1.54) is 24.3 Å². The number of carbonyl (C=O) groups excluding carboxylic acids is 1. The first-order valence-corrected chi connectivity index (χ1v) is 8.24. The lowest BCUT2D eigenvalue weighted by molar-refractivity contribution is 0.112. The predicted octanol–water partition coefficient (Wildman–Crippen LogP) is 5.45. The molecule has 0 saturated heterocycles. The Morgan fingerprint density at radius 3 is 2.08 bits per heavy atom. The summed E-state index contributed by atoms with van der Waals surface area (Å²) in [6.07, 6.45) is 0.836. The largest absolute Gasteiger partial charge is 0.335 e. The minimum atomic E-state index is -0.331. The van der Waals surface area contributed by atoms with Gasteiger partial charge >= 0.3 is 0 Å². The van der Waals surface area contributed by atoms with Gasteiger partial charge in [-0.05, 0) is 53.6 Å². The van der Waals surface area contributed by atoms with Crippen molar-refractivity contribution in [3.8, 4) is 11.3 Å². The summed E-state index contributed by atoms with van der Waals surface area (Å²) in [4.78, 5) is 11.9. The van der Waals surface area contributed by atoms with Crippen LogP contribution in [0.2, 0.25) is 0 Å². The summed E-state index contributed by atoms with van der Waals surface area (Å²) in [6, 6.07) is 20.0. The number of carbonyl (C=O) groups is 1. The van der Waals surface area contributed by atoms with Gasteiger partial charge in [-0.2, -0.15) is 0 Å². The van der Waals surface area contributed by atoms with Gasteiger partial charge in [0.2, 0.25) is 0 Å². The van der Waals surface area contributed by atoms with Crippen molar-refractivity contribution >= 4 is 17.2 Å². The average molecular weight is 347 g/mol. The summed E-state index contributed by atoms with van der Waals surface area (Å²) in [5, 5.41) is 0.837. The number of rotatable bonds is 4. The number of hydrogen-bond donors (Lipinski definition) is 0. The smallest absolute Gasteiger partial charge is 0.152 e. The summed E-state index contributed by atoms with van der Waals surface area (Å²) in [5.41, 5.74) is 3.86. The fourth-order valence-corrected chi connectivity index (χ4v) is 3.31. The molecule has 0 atom stereocenters. The Hall–Kier alpha value is -3.27. The van der Waals surface area contributed by atoms with Crippen molar-refractivity contribution < 1.29 is 13.6 Å². The lowest BCUT2D eigenvalue weighted by Crippen LogP contribution is -2.03. The van der Waals surface area contributed by atoms with Crippen molar-refractivity contribution in [3.63, 3.8) is 0 Å². The molecule has 0 spiro atoms. The van der Waals surface area contributed by atoms with Crippen molar-refractivity contribution in [1.82, 2.24) is 4.57 Å². The number of nitrogens with zero attached hydrogens (tertiary/aromatic N) is 1. The third kappa shape index (κ3) is 2.80. The van der Waals surface area contributed by atoms with Crippen LogP contribution >= 0.6 is 0 Å². The summed E-state index contributed by atoms with van der Waals surface area (Å²) in [5.74, 6) is -0.624. The number of aldehydes is 1. The van der Waals surface area contributed by atoms with Gasteiger partial charge in [-0.25, -0.2) is 8.78 Å². The SMILES string of the molecule is O=Cc1c(-c2ccc(F)cc2)n(Cc2ccc(F)cc2)c2ccccc12. The van der Waals surface area contributed by atoms with Crippen LogP contribution in [0.5, 0.6) is 0 Å². The number of halogens is 2. The molecule has 0 aliphatic carbocycles. The first-order chi connectivity index (χ1) is 12.7. The van der Waals surface area contributed by atoms with Crippen molar-refractivity contribution in [2.45, 2.75) is 6.54 Å². The fraction of sp³-hybridized carbons (Fsp3) is 0.0455.